The van der Waals surface area contributed by atoms with Gasteiger partial charge in [-0.25, -0.2) is 26.3 Å². The van der Waals surface area contributed by atoms with Gasteiger partial charge in [-0.3, -0.25) is 9.59 Å². The summed E-state index contributed by atoms with van der Waals surface area (Å²) in [7, 11) is -6.83. The Kier molecular flexibility index (Phi) is 4.28. The highest BCUT2D eigenvalue weighted by molar-refractivity contribution is 7.94. The number of carbonyl (C=O) groups is 2. The molecule has 2 aliphatic carbocycles. The Bertz CT molecular complexity index is 806. The fourth-order valence-corrected chi connectivity index (χ4v) is 6.16. The molecule has 2 N–H and O–H groups in total. The molecule has 0 aromatic rings. The van der Waals surface area contributed by atoms with Crippen LogP contribution in [0.15, 0.2) is 21.0 Å². The van der Waals surface area contributed by atoms with Crippen molar-refractivity contribution in [3.8, 4) is 0 Å². The topological polar surface area (TPSA) is 126 Å². The third kappa shape index (κ3) is 3.00. The Morgan fingerprint density at radius 2 is 0.917 bits per heavy atom. The highest BCUT2D eigenvalue weighted by Gasteiger charge is 2.37. The molecule has 0 aromatic heterocycles. The SMILES string of the molecule is O=C1NS(=O)(=O)C2=C1CCCC2.O=C1NS(=O)(=O)C2=C1CCCC2. The van der Waals surface area contributed by atoms with Crippen LogP contribution < -0.4 is 9.44 Å². The number of allylic oxidation sites excluding steroid dienone is 2. The molecule has 4 aliphatic rings. The lowest BCUT2D eigenvalue weighted by Gasteiger charge is -2.08. The number of carbonyl (C=O) groups excluding carboxylic acids is 2. The maximum Gasteiger partial charge on any atom is 0.261 e. The Balaban J connectivity index is 0.000000141. The van der Waals surface area contributed by atoms with E-state index in [1.165, 1.54) is 0 Å². The monoisotopic (exact) mass is 374 g/mol. The van der Waals surface area contributed by atoms with Crippen molar-refractivity contribution in [1.29, 1.82) is 0 Å². The molecule has 8 nitrogen and oxygen atoms in total. The Labute approximate surface area is 140 Å². The van der Waals surface area contributed by atoms with Gasteiger partial charge < -0.3 is 0 Å². The van der Waals surface area contributed by atoms with E-state index < -0.39 is 31.9 Å². The first kappa shape index (κ1) is 17.2. The van der Waals surface area contributed by atoms with Crippen molar-refractivity contribution >= 4 is 31.9 Å². The van der Waals surface area contributed by atoms with Gasteiger partial charge in [-0.1, -0.05) is 0 Å². The van der Waals surface area contributed by atoms with Crippen molar-refractivity contribution in [3.05, 3.63) is 21.0 Å². The second kappa shape index (κ2) is 5.99. The standard InChI is InChI=1S/2C7H9NO3S/c2*9-7-5-3-1-2-4-6(5)12(10,11)8-7/h2*1-4H2,(H,8,9). The normalized spacial score (nSPS) is 26.8. The molecule has 0 bridgehead atoms. The average molecular weight is 374 g/mol. The minimum Gasteiger partial charge on any atom is -0.269 e. The summed E-state index contributed by atoms with van der Waals surface area (Å²) in [6, 6.07) is 0. The van der Waals surface area contributed by atoms with E-state index in [1.54, 1.807) is 0 Å². The molecule has 2 amide bonds. The first-order valence-corrected chi connectivity index (χ1v) is 10.8. The van der Waals surface area contributed by atoms with Gasteiger partial charge in [0.15, 0.2) is 0 Å². The fourth-order valence-electron chi connectivity index (χ4n) is 3.32. The van der Waals surface area contributed by atoms with Crippen molar-refractivity contribution in [2.45, 2.75) is 51.4 Å². The summed E-state index contributed by atoms with van der Waals surface area (Å²) in [6.45, 7) is 0. The van der Waals surface area contributed by atoms with Gasteiger partial charge >= 0.3 is 0 Å². The van der Waals surface area contributed by atoms with Gasteiger partial charge in [0.1, 0.15) is 0 Å². The number of hydrogen-bond donors (Lipinski definition) is 2. The third-order valence-electron chi connectivity index (χ3n) is 4.49. The fraction of sp³-hybridized carbons (Fsp3) is 0.571. The number of rotatable bonds is 0. The van der Waals surface area contributed by atoms with Crippen LogP contribution in [0.2, 0.25) is 0 Å². The van der Waals surface area contributed by atoms with E-state index in [0.29, 0.717) is 46.6 Å². The minimum atomic E-state index is -3.42. The number of hydrogen-bond acceptors (Lipinski definition) is 6. The zero-order valence-corrected chi connectivity index (χ0v) is 14.6. The highest BCUT2D eigenvalue weighted by atomic mass is 32.2. The molecule has 10 heteroatoms. The summed E-state index contributed by atoms with van der Waals surface area (Å²) in [5.41, 5.74) is 0.975. The molecular formula is C14H18N2O6S2. The molecule has 132 valence electrons. The van der Waals surface area contributed by atoms with Gasteiger partial charge in [0, 0.05) is 11.1 Å². The smallest absolute Gasteiger partial charge is 0.261 e. The molecule has 0 saturated heterocycles. The second-order valence-electron chi connectivity index (χ2n) is 6.09. The van der Waals surface area contributed by atoms with Gasteiger partial charge in [-0.05, 0) is 51.4 Å². The first-order valence-electron chi connectivity index (χ1n) is 7.81. The molecular weight excluding hydrogens is 356 g/mol. The molecule has 0 atom stereocenters. The highest BCUT2D eigenvalue weighted by Crippen LogP contribution is 2.33. The average Bonchev–Trinajstić information content (AvgIpc) is 2.91. The van der Waals surface area contributed by atoms with Gasteiger partial charge in [0.05, 0.1) is 9.81 Å². The van der Waals surface area contributed by atoms with Crippen LogP contribution in [0.4, 0.5) is 0 Å². The van der Waals surface area contributed by atoms with Crippen LogP contribution in [-0.4, -0.2) is 28.6 Å². The molecule has 0 saturated carbocycles. The summed E-state index contributed by atoms with van der Waals surface area (Å²) in [5.74, 6) is -0.825. The lowest BCUT2D eigenvalue weighted by atomic mass is 9.99. The molecule has 0 unspecified atom stereocenters. The molecule has 0 radical (unpaired) electrons. The van der Waals surface area contributed by atoms with E-state index in [4.69, 9.17) is 0 Å². The van der Waals surface area contributed by atoms with Crippen LogP contribution in [0.3, 0.4) is 0 Å². The summed E-state index contributed by atoms with van der Waals surface area (Å²) >= 11 is 0. The molecule has 0 aromatic carbocycles. The van der Waals surface area contributed by atoms with E-state index in [9.17, 15) is 26.4 Å². The van der Waals surface area contributed by atoms with Gasteiger partial charge in [-0.15, -0.1) is 0 Å². The Morgan fingerprint density at radius 1 is 0.583 bits per heavy atom. The quantitative estimate of drug-likeness (QED) is 0.637. The van der Waals surface area contributed by atoms with Gasteiger partial charge in [0.2, 0.25) is 0 Å². The molecule has 2 heterocycles. The van der Waals surface area contributed by atoms with Crippen molar-refractivity contribution in [3.63, 3.8) is 0 Å². The largest absolute Gasteiger partial charge is 0.269 e. The number of amides is 2. The van der Waals surface area contributed by atoms with Crippen LogP contribution in [0.1, 0.15) is 51.4 Å². The maximum atomic E-state index is 11.2. The summed E-state index contributed by atoms with van der Waals surface area (Å²) in [5, 5.41) is 0. The predicted molar refractivity (Wildman–Crippen MR) is 85.1 cm³/mol. The van der Waals surface area contributed by atoms with E-state index in [-0.39, 0.29) is 0 Å². The lowest BCUT2D eigenvalue weighted by Crippen LogP contribution is -2.23. The molecule has 0 spiro atoms. The lowest BCUT2D eigenvalue weighted by molar-refractivity contribution is -0.116. The Hall–Kier alpha value is -1.68. The van der Waals surface area contributed by atoms with Crippen LogP contribution >= 0.6 is 0 Å². The summed E-state index contributed by atoms with van der Waals surface area (Å²) < 4.78 is 48.9. The minimum absolute atomic E-state index is 0.332. The van der Waals surface area contributed by atoms with E-state index in [0.717, 1.165) is 25.7 Å². The van der Waals surface area contributed by atoms with Crippen LogP contribution in [0.25, 0.3) is 0 Å². The van der Waals surface area contributed by atoms with E-state index in [1.807, 2.05) is 9.44 Å². The first-order chi connectivity index (χ1) is 11.2. The van der Waals surface area contributed by atoms with E-state index in [2.05, 4.69) is 0 Å². The van der Waals surface area contributed by atoms with Gasteiger partial charge in [-0.2, -0.15) is 0 Å². The summed E-state index contributed by atoms with van der Waals surface area (Å²) in [6.07, 6.45) is 5.84. The second-order valence-corrected chi connectivity index (χ2v) is 9.49. The number of nitrogens with one attached hydrogen (secondary N) is 2. The maximum absolute atomic E-state index is 11.2. The zero-order valence-electron chi connectivity index (χ0n) is 12.9. The molecule has 24 heavy (non-hydrogen) atoms. The van der Waals surface area contributed by atoms with Crippen molar-refractivity contribution in [1.82, 2.24) is 9.44 Å². The molecule has 0 fully saturated rings. The van der Waals surface area contributed by atoms with Crippen LogP contribution in [0, 0.1) is 0 Å². The predicted octanol–water partition coefficient (Wildman–Crippen LogP) is 0.548. The van der Waals surface area contributed by atoms with E-state index >= 15 is 0 Å². The van der Waals surface area contributed by atoms with Crippen molar-refractivity contribution in [2.75, 3.05) is 0 Å². The van der Waals surface area contributed by atoms with Crippen molar-refractivity contribution in [2.24, 2.45) is 0 Å². The zero-order chi connectivity index (χ0) is 17.5. The third-order valence-corrected chi connectivity index (χ3v) is 7.59. The summed E-state index contributed by atoms with van der Waals surface area (Å²) in [4.78, 5) is 22.8. The number of sulfonamides is 2. The van der Waals surface area contributed by atoms with Gasteiger partial charge in [0.25, 0.3) is 31.9 Å². The molecule has 4 rings (SSSR count). The molecule has 2 aliphatic heterocycles. The van der Waals surface area contributed by atoms with Crippen molar-refractivity contribution < 1.29 is 26.4 Å². The van der Waals surface area contributed by atoms with Crippen LogP contribution in [0.5, 0.6) is 0 Å². The Morgan fingerprint density at radius 3 is 1.25 bits per heavy atom. The van der Waals surface area contributed by atoms with Crippen LogP contribution in [-0.2, 0) is 29.6 Å².